The van der Waals surface area contributed by atoms with Crippen molar-refractivity contribution in [3.8, 4) is 17.2 Å². The van der Waals surface area contributed by atoms with E-state index in [1.165, 1.54) is 0 Å². The van der Waals surface area contributed by atoms with Crippen LogP contribution in [0.5, 0.6) is 17.2 Å². The number of hydrogen-bond donors (Lipinski definition) is 1. The fraction of sp³-hybridized carbons (Fsp3) is 0.400. The first-order valence-electron chi connectivity index (χ1n) is 6.46. The molecule has 0 radical (unpaired) electrons. The van der Waals surface area contributed by atoms with Crippen LogP contribution in [0.2, 0.25) is 0 Å². The van der Waals surface area contributed by atoms with Gasteiger partial charge in [0.15, 0.2) is 11.5 Å². The van der Waals surface area contributed by atoms with Crippen molar-refractivity contribution in [1.29, 1.82) is 0 Å². The largest absolute Gasteiger partial charge is 0.493 e. The molecule has 108 valence electrons. The lowest BCUT2D eigenvalue weighted by Crippen LogP contribution is -2.03. The Morgan fingerprint density at radius 3 is 2.25 bits per heavy atom. The van der Waals surface area contributed by atoms with Gasteiger partial charge in [0.2, 0.25) is 5.75 Å². The van der Waals surface area contributed by atoms with Gasteiger partial charge in [-0.3, -0.25) is 4.98 Å². The van der Waals surface area contributed by atoms with Gasteiger partial charge in [-0.15, -0.1) is 0 Å². The average molecular weight is 276 g/mol. The van der Waals surface area contributed by atoms with Crippen LogP contribution in [0.3, 0.4) is 0 Å². The molecular weight excluding hydrogens is 256 g/mol. The molecule has 0 spiro atoms. The summed E-state index contributed by atoms with van der Waals surface area (Å²) in [4.78, 5) is 4.65. The number of nitrogen functional groups attached to an aromatic ring is 1. The zero-order valence-electron chi connectivity index (χ0n) is 12.5. The van der Waals surface area contributed by atoms with E-state index in [0.29, 0.717) is 22.9 Å². The Kier molecular flexibility index (Phi) is 3.88. The van der Waals surface area contributed by atoms with E-state index < -0.39 is 0 Å². The monoisotopic (exact) mass is 276 g/mol. The summed E-state index contributed by atoms with van der Waals surface area (Å²) in [7, 11) is 4.74. The van der Waals surface area contributed by atoms with Gasteiger partial charge in [-0.05, 0) is 18.9 Å². The van der Waals surface area contributed by atoms with Crippen molar-refractivity contribution < 1.29 is 14.2 Å². The Labute approximate surface area is 118 Å². The number of rotatable bonds is 4. The number of pyridine rings is 1. The lowest BCUT2D eigenvalue weighted by atomic mass is 10.0. The molecule has 5 heteroatoms. The molecule has 0 aliphatic rings. The van der Waals surface area contributed by atoms with Crippen molar-refractivity contribution in [2.24, 2.45) is 0 Å². The predicted octanol–water partition coefficient (Wildman–Crippen LogP) is 2.71. The van der Waals surface area contributed by atoms with Gasteiger partial charge >= 0.3 is 0 Å². The Morgan fingerprint density at radius 1 is 1.10 bits per heavy atom. The second-order valence-electron chi connectivity index (χ2n) is 4.49. The summed E-state index contributed by atoms with van der Waals surface area (Å²) in [5.74, 6) is 1.66. The molecule has 0 fully saturated rings. The molecule has 0 aliphatic carbocycles. The van der Waals surface area contributed by atoms with Gasteiger partial charge in [-0.25, -0.2) is 0 Å². The highest BCUT2D eigenvalue weighted by Crippen LogP contribution is 2.45. The first-order chi connectivity index (χ1) is 9.58. The van der Waals surface area contributed by atoms with E-state index >= 15 is 0 Å². The van der Waals surface area contributed by atoms with E-state index in [9.17, 15) is 0 Å². The van der Waals surface area contributed by atoms with Crippen LogP contribution in [0.1, 0.15) is 18.2 Å². The van der Waals surface area contributed by atoms with Gasteiger partial charge in [0, 0.05) is 17.4 Å². The number of nitrogens with zero attached hydrogens (tertiary/aromatic N) is 1. The third-order valence-electron chi connectivity index (χ3n) is 3.51. The zero-order valence-corrected chi connectivity index (χ0v) is 12.5. The fourth-order valence-corrected chi connectivity index (χ4v) is 2.41. The van der Waals surface area contributed by atoms with E-state index in [4.69, 9.17) is 19.9 Å². The van der Waals surface area contributed by atoms with E-state index in [1.54, 1.807) is 21.3 Å². The first kappa shape index (κ1) is 14.2. The SMILES string of the molecule is CCc1nc2cc(OC)c(OC)c(OC)c2c(N)c1C. The maximum absolute atomic E-state index is 6.27. The summed E-state index contributed by atoms with van der Waals surface area (Å²) < 4.78 is 16.2. The zero-order chi connectivity index (χ0) is 14.9. The van der Waals surface area contributed by atoms with Gasteiger partial charge in [0.05, 0.1) is 32.2 Å². The van der Waals surface area contributed by atoms with Gasteiger partial charge < -0.3 is 19.9 Å². The van der Waals surface area contributed by atoms with Crippen molar-refractivity contribution in [2.75, 3.05) is 27.1 Å². The topological polar surface area (TPSA) is 66.6 Å². The molecule has 1 aromatic heterocycles. The first-order valence-corrected chi connectivity index (χ1v) is 6.46. The lowest BCUT2D eigenvalue weighted by molar-refractivity contribution is 0.327. The van der Waals surface area contributed by atoms with Crippen LogP contribution < -0.4 is 19.9 Å². The summed E-state index contributed by atoms with van der Waals surface area (Å²) in [5, 5.41) is 0.764. The number of fused-ring (bicyclic) bond motifs is 1. The molecule has 20 heavy (non-hydrogen) atoms. The Balaban J connectivity index is 2.95. The second kappa shape index (κ2) is 5.45. The minimum atomic E-state index is 0.527. The summed E-state index contributed by atoms with van der Waals surface area (Å²) >= 11 is 0. The second-order valence-corrected chi connectivity index (χ2v) is 4.49. The highest BCUT2D eigenvalue weighted by Gasteiger charge is 2.20. The van der Waals surface area contributed by atoms with Crippen LogP contribution >= 0.6 is 0 Å². The molecule has 0 saturated carbocycles. The van der Waals surface area contributed by atoms with Crippen LogP contribution in [0.15, 0.2) is 6.07 Å². The molecule has 2 rings (SSSR count). The number of ether oxygens (including phenoxy) is 3. The van der Waals surface area contributed by atoms with Gasteiger partial charge in [0.25, 0.3) is 0 Å². The van der Waals surface area contributed by atoms with Crippen LogP contribution in [0.4, 0.5) is 5.69 Å². The maximum atomic E-state index is 6.27. The number of hydrogen-bond acceptors (Lipinski definition) is 5. The molecule has 2 aromatic rings. The molecule has 5 nitrogen and oxygen atoms in total. The van der Waals surface area contributed by atoms with Crippen LogP contribution in [0.25, 0.3) is 10.9 Å². The molecule has 0 aliphatic heterocycles. The van der Waals surface area contributed by atoms with Crippen molar-refractivity contribution in [1.82, 2.24) is 4.98 Å². The Bertz CT molecular complexity index is 654. The van der Waals surface area contributed by atoms with E-state index in [-0.39, 0.29) is 0 Å². The summed E-state index contributed by atoms with van der Waals surface area (Å²) in [6.45, 7) is 4.02. The summed E-state index contributed by atoms with van der Waals surface area (Å²) in [6.07, 6.45) is 0.822. The highest BCUT2D eigenvalue weighted by molar-refractivity contribution is 6.00. The number of anilines is 1. The lowest BCUT2D eigenvalue weighted by Gasteiger charge is -2.17. The highest BCUT2D eigenvalue weighted by atomic mass is 16.5. The molecule has 0 bridgehead atoms. The van der Waals surface area contributed by atoms with Gasteiger partial charge in [-0.2, -0.15) is 0 Å². The van der Waals surface area contributed by atoms with Crippen LogP contribution in [0, 0.1) is 6.92 Å². The Hall–Kier alpha value is -2.17. The van der Waals surface area contributed by atoms with Crippen molar-refractivity contribution in [3.05, 3.63) is 17.3 Å². The van der Waals surface area contributed by atoms with Gasteiger partial charge in [0.1, 0.15) is 0 Å². The van der Waals surface area contributed by atoms with Crippen molar-refractivity contribution in [2.45, 2.75) is 20.3 Å². The summed E-state index contributed by atoms with van der Waals surface area (Å²) in [5.41, 5.74) is 9.64. The number of nitrogens with two attached hydrogens (primary N) is 1. The molecule has 1 aromatic carbocycles. The quantitative estimate of drug-likeness (QED) is 0.930. The van der Waals surface area contributed by atoms with Crippen molar-refractivity contribution >= 4 is 16.6 Å². The molecular formula is C15H20N2O3. The number of methoxy groups -OCH3 is 3. The number of aryl methyl sites for hydroxylation is 1. The molecule has 0 atom stereocenters. The van der Waals surface area contributed by atoms with E-state index in [1.807, 2.05) is 13.0 Å². The smallest absolute Gasteiger partial charge is 0.204 e. The molecule has 0 amide bonds. The minimum absolute atomic E-state index is 0.527. The number of aromatic nitrogens is 1. The fourth-order valence-electron chi connectivity index (χ4n) is 2.41. The number of benzene rings is 1. The normalized spacial score (nSPS) is 10.7. The predicted molar refractivity (Wildman–Crippen MR) is 79.9 cm³/mol. The molecule has 0 saturated heterocycles. The molecule has 2 N–H and O–H groups in total. The standard InChI is InChI=1S/C15H20N2O3/c1-6-9-8(2)13(16)12-10(17-9)7-11(18-3)14(19-4)15(12)20-5/h7H,6H2,1-5H3,(H2,16,17). The molecule has 0 unspecified atom stereocenters. The van der Waals surface area contributed by atoms with Crippen LogP contribution in [-0.4, -0.2) is 26.3 Å². The third kappa shape index (κ3) is 1.99. The Morgan fingerprint density at radius 2 is 1.75 bits per heavy atom. The summed E-state index contributed by atoms with van der Waals surface area (Å²) in [6, 6.07) is 1.83. The third-order valence-corrected chi connectivity index (χ3v) is 3.51. The van der Waals surface area contributed by atoms with Gasteiger partial charge in [-0.1, -0.05) is 6.92 Å². The van der Waals surface area contributed by atoms with Crippen molar-refractivity contribution in [3.63, 3.8) is 0 Å². The van der Waals surface area contributed by atoms with E-state index in [0.717, 1.165) is 28.6 Å². The molecule has 1 heterocycles. The average Bonchev–Trinajstić information content (AvgIpc) is 2.48. The maximum Gasteiger partial charge on any atom is 0.204 e. The van der Waals surface area contributed by atoms with E-state index in [2.05, 4.69) is 11.9 Å². The van der Waals surface area contributed by atoms with Crippen LogP contribution in [-0.2, 0) is 6.42 Å². The minimum Gasteiger partial charge on any atom is -0.493 e.